The Bertz CT molecular complexity index is 1110. The summed E-state index contributed by atoms with van der Waals surface area (Å²) in [6.07, 6.45) is 0. The van der Waals surface area contributed by atoms with E-state index in [1.165, 1.54) is 11.8 Å². The number of nitrogens with zero attached hydrogens (tertiary/aromatic N) is 4. The van der Waals surface area contributed by atoms with Crippen molar-refractivity contribution in [1.29, 1.82) is 0 Å². The number of tetrazole rings is 1. The number of para-hydroxylation sites is 1. The topological polar surface area (TPSA) is 95.1 Å². The molecule has 1 atom stereocenters. The minimum atomic E-state index is -0.235. The van der Waals surface area contributed by atoms with Crippen LogP contribution in [0.25, 0.3) is 11.0 Å². The molecule has 0 saturated heterocycles. The molecule has 0 radical (unpaired) electrons. The Morgan fingerprint density at radius 2 is 2.03 bits per heavy atom. The number of benzene rings is 2. The summed E-state index contributed by atoms with van der Waals surface area (Å²) >= 11 is 1.29. The molecule has 2 aromatic carbocycles. The zero-order chi connectivity index (χ0) is 20.9. The van der Waals surface area contributed by atoms with E-state index in [1.807, 2.05) is 61.5 Å². The molecule has 0 aliphatic rings. The van der Waals surface area contributed by atoms with Crippen molar-refractivity contribution in [3.05, 3.63) is 65.9 Å². The highest BCUT2D eigenvalue weighted by molar-refractivity contribution is 7.99. The van der Waals surface area contributed by atoms with E-state index in [2.05, 4.69) is 20.8 Å². The van der Waals surface area contributed by atoms with Gasteiger partial charge in [-0.1, -0.05) is 42.1 Å². The maximum atomic E-state index is 12.4. The lowest BCUT2D eigenvalue weighted by molar-refractivity contribution is -0.119. The first kappa shape index (κ1) is 20.0. The van der Waals surface area contributed by atoms with Crippen LogP contribution >= 0.6 is 11.8 Å². The number of hydrogen-bond acceptors (Lipinski definition) is 7. The molecule has 4 rings (SSSR count). The maximum Gasteiger partial charge on any atom is 0.231 e. The van der Waals surface area contributed by atoms with Crippen LogP contribution in [0, 0.1) is 0 Å². The van der Waals surface area contributed by atoms with Crippen molar-refractivity contribution >= 4 is 28.6 Å². The second-order valence-corrected chi connectivity index (χ2v) is 7.67. The molecule has 2 heterocycles. The van der Waals surface area contributed by atoms with E-state index in [4.69, 9.17) is 9.15 Å². The standard InChI is InChI=1S/C21H21N5O3S/c1-14(19-11-16-5-3-4-6-18(16)29-19)22-20(27)13-30-21-23-24-25-26(21)12-15-7-9-17(28-2)10-8-15/h3-11,14H,12-13H2,1-2H3,(H,22,27)/t14-/m1/s1. The predicted molar refractivity (Wildman–Crippen MR) is 113 cm³/mol. The fraction of sp³-hybridized carbons (Fsp3) is 0.238. The lowest BCUT2D eigenvalue weighted by Crippen LogP contribution is -2.28. The normalized spacial score (nSPS) is 12.1. The zero-order valence-corrected chi connectivity index (χ0v) is 17.4. The van der Waals surface area contributed by atoms with Crippen LogP contribution < -0.4 is 10.1 Å². The van der Waals surface area contributed by atoms with Gasteiger partial charge in [-0.3, -0.25) is 4.79 Å². The van der Waals surface area contributed by atoms with Crippen LogP contribution in [0.3, 0.4) is 0 Å². The average Bonchev–Trinajstić information content (AvgIpc) is 3.39. The molecule has 1 N–H and O–H groups in total. The maximum absolute atomic E-state index is 12.4. The number of thioether (sulfide) groups is 1. The molecule has 0 aliphatic carbocycles. The second-order valence-electron chi connectivity index (χ2n) is 6.73. The monoisotopic (exact) mass is 423 g/mol. The zero-order valence-electron chi connectivity index (χ0n) is 16.6. The summed E-state index contributed by atoms with van der Waals surface area (Å²) in [6.45, 7) is 2.41. The molecule has 9 heteroatoms. The van der Waals surface area contributed by atoms with Gasteiger partial charge in [0.25, 0.3) is 0 Å². The Balaban J connectivity index is 1.33. The third-order valence-electron chi connectivity index (χ3n) is 4.57. The summed E-state index contributed by atoms with van der Waals surface area (Å²) in [5, 5.41) is 16.3. The fourth-order valence-corrected chi connectivity index (χ4v) is 3.69. The smallest absolute Gasteiger partial charge is 0.231 e. The highest BCUT2D eigenvalue weighted by atomic mass is 32.2. The van der Waals surface area contributed by atoms with Crippen molar-refractivity contribution in [2.75, 3.05) is 12.9 Å². The largest absolute Gasteiger partial charge is 0.497 e. The lowest BCUT2D eigenvalue weighted by Gasteiger charge is -2.11. The summed E-state index contributed by atoms with van der Waals surface area (Å²) in [6, 6.07) is 17.2. The molecule has 1 amide bonds. The molecule has 0 saturated carbocycles. The molecule has 0 spiro atoms. The van der Waals surface area contributed by atoms with Gasteiger partial charge in [0.2, 0.25) is 11.1 Å². The van der Waals surface area contributed by atoms with Crippen LogP contribution in [-0.2, 0) is 11.3 Å². The van der Waals surface area contributed by atoms with Gasteiger partial charge in [0.05, 0.1) is 25.4 Å². The highest BCUT2D eigenvalue weighted by Gasteiger charge is 2.16. The Labute approximate surface area is 177 Å². The van der Waals surface area contributed by atoms with Crippen LogP contribution in [0.2, 0.25) is 0 Å². The van der Waals surface area contributed by atoms with Gasteiger partial charge in [0.15, 0.2) is 0 Å². The molecular weight excluding hydrogens is 402 g/mol. The van der Waals surface area contributed by atoms with Crippen molar-refractivity contribution in [1.82, 2.24) is 25.5 Å². The van der Waals surface area contributed by atoms with Gasteiger partial charge in [-0.05, 0) is 47.2 Å². The van der Waals surface area contributed by atoms with E-state index in [0.717, 1.165) is 28.0 Å². The number of hydrogen-bond donors (Lipinski definition) is 1. The average molecular weight is 423 g/mol. The highest BCUT2D eigenvalue weighted by Crippen LogP contribution is 2.24. The summed E-state index contributed by atoms with van der Waals surface area (Å²) in [7, 11) is 1.63. The third-order valence-corrected chi connectivity index (χ3v) is 5.53. The molecule has 0 aliphatic heterocycles. The first-order valence-electron chi connectivity index (χ1n) is 9.42. The van der Waals surface area contributed by atoms with Gasteiger partial charge in [-0.25, -0.2) is 4.68 Å². The quantitative estimate of drug-likeness (QED) is 0.434. The van der Waals surface area contributed by atoms with Gasteiger partial charge in [0, 0.05) is 5.39 Å². The summed E-state index contributed by atoms with van der Waals surface area (Å²) in [5.41, 5.74) is 1.84. The number of carbonyl (C=O) groups is 1. The number of carbonyl (C=O) groups excluding carboxylic acids is 1. The Hall–Kier alpha value is -3.33. The van der Waals surface area contributed by atoms with Gasteiger partial charge >= 0.3 is 0 Å². The SMILES string of the molecule is COc1ccc(Cn2nnnc2SCC(=O)N[C@H](C)c2cc3ccccc3o2)cc1. The number of aromatic nitrogens is 4. The van der Waals surface area contributed by atoms with Crippen LogP contribution in [-0.4, -0.2) is 39.0 Å². The van der Waals surface area contributed by atoms with Crippen LogP contribution in [0.5, 0.6) is 5.75 Å². The Kier molecular flexibility index (Phi) is 5.99. The van der Waals surface area contributed by atoms with Crippen molar-refractivity contribution in [3.63, 3.8) is 0 Å². The third kappa shape index (κ3) is 4.62. The number of furan rings is 1. The van der Waals surface area contributed by atoms with E-state index in [0.29, 0.717) is 11.7 Å². The van der Waals surface area contributed by atoms with Crippen molar-refractivity contribution in [2.24, 2.45) is 0 Å². The first-order chi connectivity index (χ1) is 14.6. The minimum absolute atomic E-state index is 0.119. The molecule has 4 aromatic rings. The number of ether oxygens (including phenoxy) is 1. The summed E-state index contributed by atoms with van der Waals surface area (Å²) in [5.74, 6) is 1.60. The molecule has 0 bridgehead atoms. The summed E-state index contributed by atoms with van der Waals surface area (Å²) in [4.78, 5) is 12.4. The number of rotatable bonds is 8. The summed E-state index contributed by atoms with van der Waals surface area (Å²) < 4.78 is 12.7. The van der Waals surface area contributed by atoms with Crippen molar-refractivity contribution in [2.45, 2.75) is 24.7 Å². The first-order valence-corrected chi connectivity index (χ1v) is 10.4. The van der Waals surface area contributed by atoms with Crippen molar-refractivity contribution in [3.8, 4) is 5.75 Å². The number of fused-ring (bicyclic) bond motifs is 1. The molecule has 8 nitrogen and oxygen atoms in total. The molecule has 0 unspecified atom stereocenters. The van der Waals surface area contributed by atoms with Crippen LogP contribution in [0.4, 0.5) is 0 Å². The predicted octanol–water partition coefficient (Wildman–Crippen LogP) is 3.45. The molecular formula is C21H21N5O3S. The molecule has 30 heavy (non-hydrogen) atoms. The number of amides is 1. The van der Waals surface area contributed by atoms with E-state index in [9.17, 15) is 4.79 Å². The van der Waals surface area contributed by atoms with Gasteiger partial charge in [-0.15, -0.1) is 5.10 Å². The van der Waals surface area contributed by atoms with Crippen molar-refractivity contribution < 1.29 is 13.9 Å². The Morgan fingerprint density at radius 1 is 1.23 bits per heavy atom. The van der Waals surface area contributed by atoms with E-state index >= 15 is 0 Å². The van der Waals surface area contributed by atoms with Crippen LogP contribution in [0.15, 0.2) is 64.2 Å². The minimum Gasteiger partial charge on any atom is -0.497 e. The van der Waals surface area contributed by atoms with Gasteiger partial charge < -0.3 is 14.5 Å². The Morgan fingerprint density at radius 3 is 2.80 bits per heavy atom. The van der Waals surface area contributed by atoms with E-state index < -0.39 is 0 Å². The molecule has 154 valence electrons. The van der Waals surface area contributed by atoms with Gasteiger partial charge in [-0.2, -0.15) is 0 Å². The fourth-order valence-electron chi connectivity index (χ4n) is 3.00. The molecule has 0 fully saturated rings. The van der Waals surface area contributed by atoms with E-state index in [-0.39, 0.29) is 17.7 Å². The van der Waals surface area contributed by atoms with E-state index in [1.54, 1.807) is 11.8 Å². The number of nitrogens with one attached hydrogen (secondary N) is 1. The second kappa shape index (κ2) is 9.00. The molecule has 2 aromatic heterocycles. The van der Waals surface area contributed by atoms with Crippen LogP contribution in [0.1, 0.15) is 24.3 Å². The lowest BCUT2D eigenvalue weighted by atomic mass is 10.2. The number of methoxy groups -OCH3 is 1. The van der Waals surface area contributed by atoms with Gasteiger partial charge in [0.1, 0.15) is 17.1 Å².